The zero-order valence-electron chi connectivity index (χ0n) is 24.6. The molecule has 0 saturated carbocycles. The number of hydrogen-bond acceptors (Lipinski definition) is 12. The van der Waals surface area contributed by atoms with Gasteiger partial charge >= 0.3 is 35.8 Å². The van der Waals surface area contributed by atoms with Gasteiger partial charge in [-0.25, -0.2) is 19.2 Å². The highest BCUT2D eigenvalue weighted by atomic mass is 16.6. The van der Waals surface area contributed by atoms with E-state index in [2.05, 4.69) is 13.2 Å². The highest BCUT2D eigenvalue weighted by Gasteiger charge is 2.13. The molecule has 12 nitrogen and oxygen atoms in total. The molecule has 238 valence electrons. The fourth-order valence-corrected chi connectivity index (χ4v) is 3.57. The fourth-order valence-electron chi connectivity index (χ4n) is 3.57. The first kappa shape index (κ1) is 34.5. The van der Waals surface area contributed by atoms with Crippen molar-refractivity contribution in [2.45, 2.75) is 12.8 Å². The van der Waals surface area contributed by atoms with Crippen LogP contribution < -0.4 is 9.47 Å². The monoisotopic (exact) mass is 630 g/mol. The minimum absolute atomic E-state index is 0.0400. The van der Waals surface area contributed by atoms with Crippen LogP contribution in [0, 0.1) is 0 Å². The van der Waals surface area contributed by atoms with Gasteiger partial charge in [-0.05, 0) is 59.7 Å². The molecule has 3 aromatic carbocycles. The molecule has 0 aliphatic heterocycles. The summed E-state index contributed by atoms with van der Waals surface area (Å²) in [5.41, 5.74) is 1.70. The van der Waals surface area contributed by atoms with Crippen LogP contribution in [-0.4, -0.2) is 62.2 Å². The zero-order valence-corrected chi connectivity index (χ0v) is 24.6. The first-order valence-electron chi connectivity index (χ1n) is 13.8. The standard InChI is InChI=1S/C34H30O12/c1-3-29(35)41-17-19-43-31(37)21-23-5-9-25(10-6-23)33(39)45-27-13-15-28(16-14-27)46-34(40)26-11-7-24(8-12-26)22-32(38)44-20-18-42-30(36)4-2/h3-16H,1-2,17-22H2. The lowest BCUT2D eigenvalue weighted by molar-refractivity contribution is -0.149. The third kappa shape index (κ3) is 11.9. The second-order valence-electron chi connectivity index (χ2n) is 9.18. The van der Waals surface area contributed by atoms with Crippen LogP contribution in [0.15, 0.2) is 98.1 Å². The first-order chi connectivity index (χ1) is 22.2. The van der Waals surface area contributed by atoms with E-state index < -0.39 is 35.8 Å². The number of benzene rings is 3. The molecule has 0 bridgehead atoms. The topological polar surface area (TPSA) is 158 Å². The van der Waals surface area contributed by atoms with E-state index in [0.29, 0.717) is 11.1 Å². The molecule has 3 rings (SSSR count). The van der Waals surface area contributed by atoms with Crippen LogP contribution in [0.2, 0.25) is 0 Å². The van der Waals surface area contributed by atoms with Gasteiger partial charge in [0.15, 0.2) is 0 Å². The van der Waals surface area contributed by atoms with Gasteiger partial charge in [-0.15, -0.1) is 0 Å². The van der Waals surface area contributed by atoms with Crippen molar-refractivity contribution < 1.29 is 57.2 Å². The second kappa shape index (κ2) is 17.9. The van der Waals surface area contributed by atoms with Crippen molar-refractivity contribution in [3.05, 3.63) is 120 Å². The fraction of sp³-hybridized carbons (Fsp3) is 0.176. The summed E-state index contributed by atoms with van der Waals surface area (Å²) in [7, 11) is 0. The molecule has 12 heteroatoms. The van der Waals surface area contributed by atoms with Gasteiger partial charge in [-0.2, -0.15) is 0 Å². The summed E-state index contributed by atoms with van der Waals surface area (Å²) in [6.45, 7) is 6.19. The minimum atomic E-state index is -0.636. The Morgan fingerprint density at radius 2 is 0.804 bits per heavy atom. The molecule has 0 spiro atoms. The normalized spacial score (nSPS) is 10.1. The molecule has 0 atom stereocenters. The van der Waals surface area contributed by atoms with Crippen LogP contribution in [0.1, 0.15) is 31.8 Å². The minimum Gasteiger partial charge on any atom is -0.462 e. The number of hydrogen-bond donors (Lipinski definition) is 0. The first-order valence-corrected chi connectivity index (χ1v) is 13.8. The van der Waals surface area contributed by atoms with Crippen molar-refractivity contribution in [3.8, 4) is 11.5 Å². The van der Waals surface area contributed by atoms with E-state index in [-0.39, 0.29) is 61.9 Å². The maximum absolute atomic E-state index is 12.5. The Balaban J connectivity index is 1.42. The van der Waals surface area contributed by atoms with E-state index in [1.165, 1.54) is 48.5 Å². The van der Waals surface area contributed by atoms with Crippen LogP contribution in [0.25, 0.3) is 0 Å². The molecule has 3 aromatic rings. The predicted molar refractivity (Wildman–Crippen MR) is 161 cm³/mol. The largest absolute Gasteiger partial charge is 0.462 e. The molecule has 0 heterocycles. The Morgan fingerprint density at radius 1 is 0.478 bits per heavy atom. The molecule has 0 saturated heterocycles. The maximum atomic E-state index is 12.5. The Hall–Kier alpha value is -6.04. The Labute approximate surface area is 264 Å². The van der Waals surface area contributed by atoms with E-state index in [9.17, 15) is 28.8 Å². The number of rotatable bonds is 16. The molecule has 0 unspecified atom stereocenters. The van der Waals surface area contributed by atoms with Crippen LogP contribution >= 0.6 is 0 Å². The van der Waals surface area contributed by atoms with Crippen molar-refractivity contribution in [2.24, 2.45) is 0 Å². The molecule has 0 radical (unpaired) electrons. The van der Waals surface area contributed by atoms with Crippen molar-refractivity contribution in [1.29, 1.82) is 0 Å². The lowest BCUT2D eigenvalue weighted by Gasteiger charge is -2.08. The third-order valence-corrected chi connectivity index (χ3v) is 5.84. The molecule has 46 heavy (non-hydrogen) atoms. The van der Waals surface area contributed by atoms with E-state index in [4.69, 9.17) is 28.4 Å². The predicted octanol–water partition coefficient (Wildman–Crippen LogP) is 3.75. The van der Waals surface area contributed by atoms with E-state index >= 15 is 0 Å². The smallest absolute Gasteiger partial charge is 0.343 e. The number of carbonyl (C=O) groups is 6. The van der Waals surface area contributed by atoms with Gasteiger partial charge in [0.2, 0.25) is 0 Å². The number of carbonyl (C=O) groups excluding carboxylic acids is 6. The summed E-state index contributed by atoms with van der Waals surface area (Å²) in [6.07, 6.45) is 1.94. The summed E-state index contributed by atoms with van der Waals surface area (Å²) >= 11 is 0. The summed E-state index contributed by atoms with van der Waals surface area (Å²) in [4.78, 5) is 70.9. The molecule has 0 aliphatic carbocycles. The highest BCUT2D eigenvalue weighted by Crippen LogP contribution is 2.20. The third-order valence-electron chi connectivity index (χ3n) is 5.84. The van der Waals surface area contributed by atoms with E-state index in [1.54, 1.807) is 24.3 Å². The van der Waals surface area contributed by atoms with Crippen LogP contribution in [0.3, 0.4) is 0 Å². The highest BCUT2D eigenvalue weighted by molar-refractivity contribution is 5.92. The SMILES string of the molecule is C=CC(=O)OCCOC(=O)Cc1ccc(C(=O)Oc2ccc(OC(=O)c3ccc(CC(=O)OCCOC(=O)C=C)cc3)cc2)cc1. The lowest BCUT2D eigenvalue weighted by atomic mass is 10.1. The van der Waals surface area contributed by atoms with Crippen molar-refractivity contribution in [2.75, 3.05) is 26.4 Å². The van der Waals surface area contributed by atoms with Gasteiger partial charge in [0.25, 0.3) is 0 Å². The van der Waals surface area contributed by atoms with Crippen LogP contribution in [-0.2, 0) is 51.0 Å². The summed E-state index contributed by atoms with van der Waals surface area (Å²) in [6, 6.07) is 18.2. The molecule has 0 aromatic heterocycles. The number of ether oxygens (including phenoxy) is 6. The lowest BCUT2D eigenvalue weighted by Crippen LogP contribution is -2.14. The number of esters is 6. The molecule has 0 fully saturated rings. The van der Waals surface area contributed by atoms with Crippen molar-refractivity contribution in [1.82, 2.24) is 0 Å². The Morgan fingerprint density at radius 3 is 1.13 bits per heavy atom. The van der Waals surface area contributed by atoms with Gasteiger partial charge in [-0.1, -0.05) is 37.4 Å². The van der Waals surface area contributed by atoms with Crippen LogP contribution in [0.4, 0.5) is 0 Å². The average molecular weight is 631 g/mol. The quantitative estimate of drug-likeness (QED) is 0.0743. The zero-order chi connectivity index (χ0) is 33.3. The van der Waals surface area contributed by atoms with E-state index in [1.807, 2.05) is 0 Å². The molecule has 0 N–H and O–H groups in total. The molecular weight excluding hydrogens is 600 g/mol. The molecule has 0 aliphatic rings. The Kier molecular flexibility index (Phi) is 13.4. The summed E-state index contributed by atoms with van der Waals surface area (Å²) in [5, 5.41) is 0. The maximum Gasteiger partial charge on any atom is 0.343 e. The second-order valence-corrected chi connectivity index (χ2v) is 9.18. The molecular formula is C34H30O12. The summed E-state index contributed by atoms with van der Waals surface area (Å²) < 4.78 is 30.2. The van der Waals surface area contributed by atoms with Crippen LogP contribution in [0.5, 0.6) is 11.5 Å². The Bertz CT molecular complexity index is 1440. The van der Waals surface area contributed by atoms with Crippen molar-refractivity contribution in [3.63, 3.8) is 0 Å². The van der Waals surface area contributed by atoms with Gasteiger partial charge in [0.1, 0.15) is 37.9 Å². The van der Waals surface area contributed by atoms with E-state index in [0.717, 1.165) is 12.2 Å². The van der Waals surface area contributed by atoms with Gasteiger partial charge in [-0.3, -0.25) is 9.59 Å². The van der Waals surface area contributed by atoms with Crippen molar-refractivity contribution >= 4 is 35.8 Å². The van der Waals surface area contributed by atoms with Gasteiger partial charge in [0.05, 0.1) is 24.0 Å². The summed E-state index contributed by atoms with van der Waals surface area (Å²) in [5.74, 6) is -3.12. The average Bonchev–Trinajstić information content (AvgIpc) is 3.06. The molecule has 0 amide bonds. The van der Waals surface area contributed by atoms with Gasteiger partial charge < -0.3 is 28.4 Å². The van der Waals surface area contributed by atoms with Gasteiger partial charge in [0, 0.05) is 12.2 Å².